The second kappa shape index (κ2) is 13.0. The molecule has 1 aliphatic rings. The first-order chi connectivity index (χ1) is 17.5. The molecule has 0 atom stereocenters. The molecule has 2 N–H and O–H groups in total. The maximum atomic E-state index is 13.0. The van der Waals surface area contributed by atoms with Crippen LogP contribution in [-0.4, -0.2) is 64.2 Å². The Morgan fingerprint density at radius 1 is 0.784 bits per heavy atom. The molecular formula is C28H33ClN4O4. The van der Waals surface area contributed by atoms with Crippen molar-refractivity contribution in [2.45, 2.75) is 6.42 Å². The third-order valence-electron chi connectivity index (χ3n) is 6.28. The van der Waals surface area contributed by atoms with Crippen LogP contribution in [0.1, 0.15) is 27.1 Å². The summed E-state index contributed by atoms with van der Waals surface area (Å²) in [6.45, 7) is 4.07. The van der Waals surface area contributed by atoms with Gasteiger partial charge in [0.2, 0.25) is 0 Å². The van der Waals surface area contributed by atoms with Gasteiger partial charge in [0.25, 0.3) is 11.8 Å². The Morgan fingerprint density at radius 3 is 2.24 bits per heavy atom. The minimum atomic E-state index is -0.348. The van der Waals surface area contributed by atoms with Crippen LogP contribution in [0.4, 0.5) is 17.1 Å². The number of likely N-dealkylation sites (N-methyl/N-ethyl adjacent to an activating group) is 1. The van der Waals surface area contributed by atoms with Crippen LogP contribution in [0.3, 0.4) is 0 Å². The van der Waals surface area contributed by atoms with E-state index in [-0.39, 0.29) is 24.2 Å². The van der Waals surface area contributed by atoms with Gasteiger partial charge >= 0.3 is 0 Å². The van der Waals surface area contributed by atoms with Gasteiger partial charge < -0.3 is 29.9 Å². The topological polar surface area (TPSA) is 83.1 Å². The van der Waals surface area contributed by atoms with Gasteiger partial charge in [-0.25, -0.2) is 0 Å². The van der Waals surface area contributed by atoms with Crippen molar-refractivity contribution >= 4 is 41.3 Å². The summed E-state index contributed by atoms with van der Waals surface area (Å²) < 4.78 is 10.6. The summed E-state index contributed by atoms with van der Waals surface area (Å²) in [5, 5.41) is 5.74. The van der Waals surface area contributed by atoms with Gasteiger partial charge in [-0.3, -0.25) is 9.59 Å². The Bertz CT molecular complexity index is 1220. The van der Waals surface area contributed by atoms with Crippen LogP contribution >= 0.6 is 12.4 Å². The summed E-state index contributed by atoms with van der Waals surface area (Å²) in [6.07, 6.45) is 1.11. The van der Waals surface area contributed by atoms with Gasteiger partial charge in [-0.2, -0.15) is 0 Å². The average Bonchev–Trinajstić information content (AvgIpc) is 3.13. The third kappa shape index (κ3) is 6.93. The van der Waals surface area contributed by atoms with Gasteiger partial charge in [-0.1, -0.05) is 12.1 Å². The zero-order chi connectivity index (χ0) is 25.5. The number of anilines is 3. The summed E-state index contributed by atoms with van der Waals surface area (Å²) in [4.78, 5) is 30.7. The number of rotatable bonds is 7. The molecule has 1 heterocycles. The molecule has 196 valence electrons. The lowest BCUT2D eigenvalue weighted by Gasteiger charge is -2.23. The molecule has 8 nitrogen and oxygen atoms in total. The van der Waals surface area contributed by atoms with Gasteiger partial charge in [-0.05, 0) is 68.5 Å². The van der Waals surface area contributed by atoms with Crippen molar-refractivity contribution in [1.82, 2.24) is 4.90 Å². The number of methoxy groups -OCH3 is 2. The van der Waals surface area contributed by atoms with Crippen molar-refractivity contribution in [3.05, 3.63) is 77.9 Å². The maximum Gasteiger partial charge on any atom is 0.257 e. The number of benzene rings is 3. The van der Waals surface area contributed by atoms with E-state index in [9.17, 15) is 9.59 Å². The number of amides is 2. The second-order valence-corrected chi connectivity index (χ2v) is 8.71. The van der Waals surface area contributed by atoms with E-state index in [1.807, 2.05) is 24.3 Å². The smallest absolute Gasteiger partial charge is 0.257 e. The highest BCUT2D eigenvalue weighted by atomic mass is 35.5. The van der Waals surface area contributed by atoms with Crippen LogP contribution in [0.15, 0.2) is 66.7 Å². The van der Waals surface area contributed by atoms with Gasteiger partial charge in [0.15, 0.2) is 11.5 Å². The molecule has 9 heteroatoms. The maximum absolute atomic E-state index is 13.0. The number of carbonyl (C=O) groups excluding carboxylic acids is 2. The van der Waals surface area contributed by atoms with Crippen LogP contribution in [-0.2, 0) is 0 Å². The van der Waals surface area contributed by atoms with Crippen molar-refractivity contribution in [2.24, 2.45) is 0 Å². The summed E-state index contributed by atoms with van der Waals surface area (Å²) in [5.41, 5.74) is 2.97. The molecule has 1 aliphatic heterocycles. The molecule has 1 fully saturated rings. The first-order valence-electron chi connectivity index (χ1n) is 12.0. The zero-order valence-electron chi connectivity index (χ0n) is 21.3. The van der Waals surface area contributed by atoms with Gasteiger partial charge in [0, 0.05) is 42.6 Å². The van der Waals surface area contributed by atoms with Crippen molar-refractivity contribution < 1.29 is 19.1 Å². The number of ether oxygens (including phenoxy) is 2. The molecule has 0 aromatic heterocycles. The Labute approximate surface area is 224 Å². The third-order valence-corrected chi connectivity index (χ3v) is 6.28. The largest absolute Gasteiger partial charge is 0.493 e. The lowest BCUT2D eigenvalue weighted by atomic mass is 10.1. The van der Waals surface area contributed by atoms with E-state index in [2.05, 4.69) is 27.5 Å². The van der Waals surface area contributed by atoms with E-state index in [0.29, 0.717) is 34.0 Å². The molecule has 0 saturated carbocycles. The van der Waals surface area contributed by atoms with Crippen LogP contribution in [0.2, 0.25) is 0 Å². The predicted octanol–water partition coefficient (Wildman–Crippen LogP) is 4.77. The van der Waals surface area contributed by atoms with Crippen LogP contribution in [0.25, 0.3) is 0 Å². The first kappa shape index (κ1) is 27.8. The molecule has 3 aromatic rings. The van der Waals surface area contributed by atoms with Crippen molar-refractivity contribution in [1.29, 1.82) is 0 Å². The Kier molecular flexibility index (Phi) is 9.77. The Morgan fingerprint density at radius 2 is 1.51 bits per heavy atom. The monoisotopic (exact) mass is 524 g/mol. The number of nitrogens with zero attached hydrogens (tertiary/aromatic N) is 2. The molecular weight excluding hydrogens is 492 g/mol. The van der Waals surface area contributed by atoms with Gasteiger partial charge in [0.1, 0.15) is 0 Å². The number of para-hydroxylation sites is 1. The quantitative estimate of drug-likeness (QED) is 0.463. The fraction of sp³-hybridized carbons (Fsp3) is 0.286. The highest BCUT2D eigenvalue weighted by Crippen LogP contribution is 2.30. The van der Waals surface area contributed by atoms with Crippen LogP contribution in [0.5, 0.6) is 11.5 Å². The van der Waals surface area contributed by atoms with E-state index in [0.717, 1.165) is 38.3 Å². The molecule has 0 radical (unpaired) electrons. The predicted molar refractivity (Wildman–Crippen MR) is 150 cm³/mol. The lowest BCUT2D eigenvalue weighted by Crippen LogP contribution is -2.28. The molecule has 1 saturated heterocycles. The number of halogens is 1. The molecule has 0 spiro atoms. The minimum absolute atomic E-state index is 0. The van der Waals surface area contributed by atoms with E-state index >= 15 is 0 Å². The Hall–Kier alpha value is -3.75. The fourth-order valence-electron chi connectivity index (χ4n) is 4.23. The molecule has 37 heavy (non-hydrogen) atoms. The molecule has 3 aromatic carbocycles. The normalized spacial score (nSPS) is 13.6. The first-order valence-corrected chi connectivity index (χ1v) is 12.0. The molecule has 0 aliphatic carbocycles. The lowest BCUT2D eigenvalue weighted by molar-refractivity contribution is 0.102. The summed E-state index contributed by atoms with van der Waals surface area (Å²) in [6, 6.07) is 19.7. The van der Waals surface area contributed by atoms with E-state index < -0.39 is 0 Å². The van der Waals surface area contributed by atoms with Gasteiger partial charge in [0.05, 0.1) is 25.5 Å². The number of hydrogen-bond acceptors (Lipinski definition) is 6. The molecule has 2 amide bonds. The average molecular weight is 525 g/mol. The van der Waals surface area contributed by atoms with E-state index in [1.54, 1.807) is 49.6 Å². The zero-order valence-corrected chi connectivity index (χ0v) is 22.1. The Balaban J connectivity index is 0.00000380. The van der Waals surface area contributed by atoms with E-state index in [4.69, 9.17) is 9.47 Å². The SMILES string of the molecule is COc1ccc(NC(=O)c2ccccc2NC(=O)c2ccc(N3CCCN(C)CC3)cc2)cc1OC.Cl. The summed E-state index contributed by atoms with van der Waals surface area (Å²) in [7, 11) is 5.23. The fourth-order valence-corrected chi connectivity index (χ4v) is 4.23. The molecule has 0 bridgehead atoms. The highest BCUT2D eigenvalue weighted by molar-refractivity contribution is 6.12. The molecule has 4 rings (SSSR count). The van der Waals surface area contributed by atoms with Crippen molar-refractivity contribution in [3.63, 3.8) is 0 Å². The summed E-state index contributed by atoms with van der Waals surface area (Å²) in [5.74, 6) is 0.452. The summed E-state index contributed by atoms with van der Waals surface area (Å²) >= 11 is 0. The number of carbonyl (C=O) groups is 2. The molecule has 0 unspecified atom stereocenters. The second-order valence-electron chi connectivity index (χ2n) is 8.71. The van der Waals surface area contributed by atoms with Crippen LogP contribution < -0.4 is 25.0 Å². The number of nitrogens with one attached hydrogen (secondary N) is 2. The van der Waals surface area contributed by atoms with Crippen LogP contribution in [0, 0.1) is 0 Å². The minimum Gasteiger partial charge on any atom is -0.493 e. The standard InChI is InChI=1S/C28H32N4O4.ClH/c1-31-15-6-16-32(18-17-31)22-12-9-20(10-13-22)27(33)30-24-8-5-4-7-23(24)28(34)29-21-11-14-25(35-2)26(19-21)36-3;/h4-5,7-14,19H,6,15-18H2,1-3H3,(H,29,34)(H,30,33);1H. The number of hydrogen-bond donors (Lipinski definition) is 2. The highest BCUT2D eigenvalue weighted by Gasteiger charge is 2.17. The van der Waals surface area contributed by atoms with E-state index in [1.165, 1.54) is 7.11 Å². The van der Waals surface area contributed by atoms with Gasteiger partial charge in [-0.15, -0.1) is 12.4 Å². The van der Waals surface area contributed by atoms with Crippen molar-refractivity contribution in [3.8, 4) is 11.5 Å². The van der Waals surface area contributed by atoms with Crippen molar-refractivity contribution in [2.75, 3.05) is 63.0 Å².